The Morgan fingerprint density at radius 3 is 2.61 bits per heavy atom. The molecule has 0 fully saturated rings. The Kier molecular flexibility index (Phi) is 6.21. The van der Waals surface area contributed by atoms with Gasteiger partial charge in [-0.25, -0.2) is 4.74 Å². The molecule has 0 N–H and O–H groups in total. The molecular formula is C20H26N2O. The largest absolute Gasteiger partial charge is 0.623 e. The molecule has 0 aliphatic carbocycles. The summed E-state index contributed by atoms with van der Waals surface area (Å²) in [5.74, 6) is 0. The molecule has 2 rings (SSSR count). The average molecular weight is 310 g/mol. The van der Waals surface area contributed by atoms with Crippen molar-refractivity contribution in [2.45, 2.75) is 45.7 Å². The number of rotatable bonds is 8. The molecule has 3 heteroatoms. The fourth-order valence-corrected chi connectivity index (χ4v) is 2.69. The molecule has 0 saturated carbocycles. The van der Waals surface area contributed by atoms with Crippen molar-refractivity contribution >= 4 is 6.21 Å². The average Bonchev–Trinajstić information content (AvgIpc) is 2.95. The Balaban J connectivity index is 2.26. The summed E-state index contributed by atoms with van der Waals surface area (Å²) in [6.45, 7) is 8.68. The van der Waals surface area contributed by atoms with Gasteiger partial charge in [-0.3, -0.25) is 0 Å². The SMILES string of the molecule is C=CCn1c(/C=[N+](\[O-])[C@H](C)c2ccccc2)ccc1CCCC. The standard InChI is InChI=1S/C20H26N2O/c1-4-6-12-19-13-14-20(21(19)15-5-2)16-22(23)17(3)18-10-8-7-9-11-18/h5,7-11,13-14,16-17H,2,4,6,12,15H2,1,3H3/b22-16-/t17-/m1/s1. The Hall–Kier alpha value is -2.29. The topological polar surface area (TPSA) is 31.0 Å². The molecule has 23 heavy (non-hydrogen) atoms. The van der Waals surface area contributed by atoms with Gasteiger partial charge in [0.2, 0.25) is 0 Å². The summed E-state index contributed by atoms with van der Waals surface area (Å²) in [6, 6.07) is 13.8. The monoisotopic (exact) mass is 310 g/mol. The highest BCUT2D eigenvalue weighted by Crippen LogP contribution is 2.16. The van der Waals surface area contributed by atoms with E-state index in [2.05, 4.69) is 24.1 Å². The number of allylic oxidation sites excluding steroid dienone is 1. The van der Waals surface area contributed by atoms with Gasteiger partial charge in [-0.05, 0) is 25.0 Å². The Morgan fingerprint density at radius 2 is 1.96 bits per heavy atom. The van der Waals surface area contributed by atoms with Gasteiger partial charge in [0, 0.05) is 24.7 Å². The molecule has 0 spiro atoms. The van der Waals surface area contributed by atoms with Crippen LogP contribution in [0.2, 0.25) is 0 Å². The van der Waals surface area contributed by atoms with Gasteiger partial charge < -0.3 is 9.77 Å². The zero-order valence-electron chi connectivity index (χ0n) is 14.1. The number of aromatic nitrogens is 1. The lowest BCUT2D eigenvalue weighted by Gasteiger charge is -2.14. The highest BCUT2D eigenvalue weighted by Gasteiger charge is 2.14. The van der Waals surface area contributed by atoms with Crippen LogP contribution in [0.3, 0.4) is 0 Å². The van der Waals surface area contributed by atoms with E-state index >= 15 is 0 Å². The normalized spacial score (nSPS) is 13.0. The van der Waals surface area contributed by atoms with Crippen molar-refractivity contribution in [1.29, 1.82) is 0 Å². The zero-order valence-corrected chi connectivity index (χ0v) is 14.1. The lowest BCUT2D eigenvalue weighted by molar-refractivity contribution is -0.498. The molecule has 0 unspecified atom stereocenters. The van der Waals surface area contributed by atoms with Gasteiger partial charge in [0.25, 0.3) is 0 Å². The molecular weight excluding hydrogens is 284 g/mol. The van der Waals surface area contributed by atoms with Crippen LogP contribution in [0.5, 0.6) is 0 Å². The molecule has 1 heterocycles. The molecule has 3 nitrogen and oxygen atoms in total. The van der Waals surface area contributed by atoms with E-state index in [9.17, 15) is 5.21 Å². The van der Waals surface area contributed by atoms with Crippen molar-refractivity contribution in [3.63, 3.8) is 0 Å². The van der Waals surface area contributed by atoms with Crippen molar-refractivity contribution in [2.75, 3.05) is 0 Å². The number of nitrogens with zero attached hydrogens (tertiary/aromatic N) is 2. The van der Waals surface area contributed by atoms with Crippen LogP contribution in [0.1, 0.15) is 49.7 Å². The summed E-state index contributed by atoms with van der Waals surface area (Å²) >= 11 is 0. The molecule has 1 atom stereocenters. The first-order valence-electron chi connectivity index (χ1n) is 8.32. The second-order valence-corrected chi connectivity index (χ2v) is 5.83. The fourth-order valence-electron chi connectivity index (χ4n) is 2.69. The van der Waals surface area contributed by atoms with E-state index in [1.807, 2.05) is 49.4 Å². The van der Waals surface area contributed by atoms with Crippen LogP contribution in [0.25, 0.3) is 0 Å². The van der Waals surface area contributed by atoms with E-state index in [0.29, 0.717) is 0 Å². The lowest BCUT2D eigenvalue weighted by atomic mass is 10.1. The molecule has 0 aliphatic rings. The highest BCUT2D eigenvalue weighted by molar-refractivity contribution is 5.74. The summed E-state index contributed by atoms with van der Waals surface area (Å²) in [5.41, 5.74) is 3.22. The van der Waals surface area contributed by atoms with Gasteiger partial charge in [-0.2, -0.15) is 0 Å². The molecule has 122 valence electrons. The lowest BCUT2D eigenvalue weighted by Crippen LogP contribution is -2.14. The van der Waals surface area contributed by atoms with Crippen molar-refractivity contribution in [3.8, 4) is 0 Å². The van der Waals surface area contributed by atoms with Gasteiger partial charge in [0.1, 0.15) is 5.69 Å². The van der Waals surface area contributed by atoms with E-state index < -0.39 is 0 Å². The van der Waals surface area contributed by atoms with Crippen molar-refractivity contribution in [2.24, 2.45) is 0 Å². The van der Waals surface area contributed by atoms with Crippen LogP contribution in [-0.2, 0) is 13.0 Å². The van der Waals surface area contributed by atoms with Gasteiger partial charge >= 0.3 is 0 Å². The maximum Gasteiger partial charge on any atom is 0.199 e. The summed E-state index contributed by atoms with van der Waals surface area (Å²) in [4.78, 5) is 0. The minimum absolute atomic E-state index is 0.206. The Labute approximate surface area is 139 Å². The van der Waals surface area contributed by atoms with Crippen LogP contribution >= 0.6 is 0 Å². The van der Waals surface area contributed by atoms with Crippen LogP contribution < -0.4 is 0 Å². The van der Waals surface area contributed by atoms with Crippen molar-refractivity contribution in [1.82, 2.24) is 4.57 Å². The molecule has 0 bridgehead atoms. The molecule has 0 amide bonds. The third kappa shape index (κ3) is 4.35. The number of hydroxylamine groups is 1. The number of hydrogen-bond donors (Lipinski definition) is 0. The Morgan fingerprint density at radius 1 is 1.22 bits per heavy atom. The molecule has 1 aromatic carbocycles. The van der Waals surface area contributed by atoms with E-state index in [1.54, 1.807) is 6.21 Å². The summed E-state index contributed by atoms with van der Waals surface area (Å²) < 4.78 is 3.21. The minimum Gasteiger partial charge on any atom is -0.623 e. The molecule has 2 aromatic rings. The third-order valence-corrected chi connectivity index (χ3v) is 4.13. The number of benzene rings is 1. The van der Waals surface area contributed by atoms with Crippen molar-refractivity contribution in [3.05, 3.63) is 77.3 Å². The second-order valence-electron chi connectivity index (χ2n) is 5.83. The number of aryl methyl sites for hydroxylation is 1. The summed E-state index contributed by atoms with van der Waals surface area (Å²) in [7, 11) is 0. The summed E-state index contributed by atoms with van der Waals surface area (Å²) in [6.07, 6.45) is 6.92. The first-order valence-corrected chi connectivity index (χ1v) is 8.32. The van der Waals surface area contributed by atoms with Crippen LogP contribution in [-0.4, -0.2) is 15.5 Å². The van der Waals surface area contributed by atoms with E-state index in [0.717, 1.165) is 41.8 Å². The smallest absolute Gasteiger partial charge is 0.199 e. The minimum atomic E-state index is -0.206. The fraction of sp³-hybridized carbons (Fsp3) is 0.350. The maximum atomic E-state index is 12.5. The highest BCUT2D eigenvalue weighted by atomic mass is 16.5. The second kappa shape index (κ2) is 8.37. The van der Waals surface area contributed by atoms with E-state index in [1.165, 1.54) is 5.69 Å². The van der Waals surface area contributed by atoms with E-state index in [4.69, 9.17) is 0 Å². The predicted molar refractivity (Wildman–Crippen MR) is 96.9 cm³/mol. The van der Waals surface area contributed by atoms with Crippen LogP contribution in [0.15, 0.2) is 55.1 Å². The first kappa shape index (κ1) is 17.1. The van der Waals surface area contributed by atoms with Gasteiger partial charge in [0.15, 0.2) is 12.3 Å². The van der Waals surface area contributed by atoms with E-state index in [-0.39, 0.29) is 6.04 Å². The molecule has 0 saturated heterocycles. The maximum absolute atomic E-state index is 12.5. The van der Waals surface area contributed by atoms with Crippen molar-refractivity contribution < 1.29 is 4.74 Å². The van der Waals surface area contributed by atoms with Crippen LogP contribution in [0, 0.1) is 5.21 Å². The van der Waals surface area contributed by atoms with Gasteiger partial charge in [-0.1, -0.05) is 49.8 Å². The number of hydrogen-bond acceptors (Lipinski definition) is 1. The number of unbranched alkanes of at least 4 members (excludes halogenated alkanes) is 1. The first-order chi connectivity index (χ1) is 11.2. The molecule has 0 radical (unpaired) electrons. The third-order valence-electron chi connectivity index (χ3n) is 4.13. The Bertz CT molecular complexity index is 656. The van der Waals surface area contributed by atoms with Gasteiger partial charge in [0.05, 0.1) is 0 Å². The van der Waals surface area contributed by atoms with Gasteiger partial charge in [-0.15, -0.1) is 6.58 Å². The summed E-state index contributed by atoms with van der Waals surface area (Å²) in [5, 5.41) is 12.5. The van der Waals surface area contributed by atoms with Crippen LogP contribution in [0.4, 0.5) is 0 Å². The zero-order chi connectivity index (χ0) is 16.7. The quantitative estimate of drug-likeness (QED) is 0.228. The predicted octanol–water partition coefficient (Wildman–Crippen LogP) is 4.71. The molecule has 0 aliphatic heterocycles. The molecule has 1 aromatic heterocycles.